The molecule has 0 aliphatic rings. The van der Waals surface area contributed by atoms with Crippen LogP contribution in [0.2, 0.25) is 0 Å². The van der Waals surface area contributed by atoms with Gasteiger partial charge in [-0.1, -0.05) is 97.1 Å². The van der Waals surface area contributed by atoms with Crippen LogP contribution in [0.4, 0.5) is 26.3 Å². The summed E-state index contributed by atoms with van der Waals surface area (Å²) in [6, 6.07) is 32.9. The molecule has 0 fully saturated rings. The molecule has 0 saturated carbocycles. The third-order valence-electron chi connectivity index (χ3n) is 9.22. The summed E-state index contributed by atoms with van der Waals surface area (Å²) in [6.07, 6.45) is -9.81. The number of fused-ring (bicyclic) bond motifs is 6. The van der Waals surface area contributed by atoms with Crippen molar-refractivity contribution in [2.45, 2.75) is 26.2 Å². The molecule has 8 heteroatoms. The lowest BCUT2D eigenvalue weighted by Gasteiger charge is -2.26. The number of aryl methyl sites for hydroxylation is 2. The topological polar surface area (TPSA) is 9.86 Å². The quantitative estimate of drug-likeness (QED) is 0.169. The summed E-state index contributed by atoms with van der Waals surface area (Å²) >= 11 is 0. The van der Waals surface area contributed by atoms with Crippen LogP contribution in [0.5, 0.6) is 0 Å². The number of rotatable bonds is 3. The van der Waals surface area contributed by atoms with Crippen LogP contribution in [0.1, 0.15) is 22.3 Å². The first-order chi connectivity index (χ1) is 23.0. The van der Waals surface area contributed by atoms with Gasteiger partial charge in [-0.2, -0.15) is 26.3 Å². The van der Waals surface area contributed by atoms with Crippen molar-refractivity contribution >= 4 is 43.6 Å². The van der Waals surface area contributed by atoms with E-state index in [-0.39, 0.29) is 22.5 Å². The molecule has 0 unspecified atom stereocenters. The smallest absolute Gasteiger partial charge is 0.308 e. The highest BCUT2D eigenvalue weighted by Crippen LogP contribution is 2.49. The molecule has 2 heterocycles. The molecule has 0 saturated heterocycles. The fourth-order valence-corrected chi connectivity index (χ4v) is 7.32. The molecule has 0 bridgehead atoms. The lowest BCUT2D eigenvalue weighted by atomic mass is 9.93. The molecule has 8 aromatic rings. The molecule has 0 amide bonds. The number of hydrogen-bond acceptors (Lipinski definition) is 0. The number of benzene rings is 6. The lowest BCUT2D eigenvalue weighted by Crippen LogP contribution is -2.18. The van der Waals surface area contributed by atoms with Gasteiger partial charge in [-0.05, 0) is 54.8 Å². The molecule has 2 aromatic heterocycles. The van der Waals surface area contributed by atoms with E-state index in [0.717, 1.165) is 22.4 Å². The minimum Gasteiger partial charge on any atom is -0.308 e. The largest absolute Gasteiger partial charge is 0.420 e. The van der Waals surface area contributed by atoms with Gasteiger partial charge in [0.05, 0.1) is 39.0 Å². The molecule has 0 atom stereocenters. The SMILES string of the molecule is Cc1cccc2c3ccccc3n(-c3ccc(-c4ccccc4C(F)(F)F)c(-n4c5ccccc5c5cccc(C)c54)c3C(F)(F)F)c12. The van der Waals surface area contributed by atoms with E-state index in [9.17, 15) is 13.2 Å². The first kappa shape index (κ1) is 29.9. The Kier molecular flexibility index (Phi) is 6.54. The van der Waals surface area contributed by atoms with Gasteiger partial charge in [-0.3, -0.25) is 0 Å². The monoisotopic (exact) mass is 648 g/mol. The zero-order valence-electron chi connectivity index (χ0n) is 25.7. The average molecular weight is 649 g/mol. The van der Waals surface area contributed by atoms with Crippen molar-refractivity contribution in [2.75, 3.05) is 0 Å². The van der Waals surface area contributed by atoms with Crippen molar-refractivity contribution < 1.29 is 26.3 Å². The second-order valence-electron chi connectivity index (χ2n) is 12.0. The van der Waals surface area contributed by atoms with Crippen molar-refractivity contribution in [3.63, 3.8) is 0 Å². The number of nitrogens with zero attached hydrogens (tertiary/aromatic N) is 2. The van der Waals surface area contributed by atoms with Gasteiger partial charge in [0.25, 0.3) is 0 Å². The van der Waals surface area contributed by atoms with Gasteiger partial charge in [0, 0.05) is 27.1 Å². The maximum atomic E-state index is 16.1. The number of para-hydroxylation sites is 4. The summed E-state index contributed by atoms with van der Waals surface area (Å²) in [5.41, 5.74) is 0.435. The molecule has 6 aromatic carbocycles. The van der Waals surface area contributed by atoms with Crippen molar-refractivity contribution in [3.05, 3.63) is 144 Å². The number of aromatic nitrogens is 2. The summed E-state index contributed by atoms with van der Waals surface area (Å²) in [6.45, 7) is 3.64. The van der Waals surface area contributed by atoms with Crippen LogP contribution in [-0.4, -0.2) is 9.13 Å². The normalized spacial score (nSPS) is 12.6. The standard InChI is InChI=1S/C40H26F6N2/c1-23-11-9-16-28-26-14-4-7-19-32(26)47(36(23)28)34-22-21-30(25-13-3-6-18-31(25)39(41,42)43)38(35(34)40(44,45)46)48-33-20-8-5-15-27(33)29-17-10-12-24(2)37(29)48/h3-22H,1-2H3. The maximum absolute atomic E-state index is 16.1. The molecule has 8 rings (SSSR count). The molecular weight excluding hydrogens is 622 g/mol. The highest BCUT2D eigenvalue weighted by molar-refractivity contribution is 6.12. The highest BCUT2D eigenvalue weighted by Gasteiger charge is 2.42. The Morgan fingerprint density at radius 2 is 0.938 bits per heavy atom. The van der Waals surface area contributed by atoms with E-state index in [1.54, 1.807) is 47.9 Å². The Morgan fingerprint density at radius 3 is 1.52 bits per heavy atom. The van der Waals surface area contributed by atoms with E-state index in [2.05, 4.69) is 0 Å². The zero-order chi connectivity index (χ0) is 33.5. The van der Waals surface area contributed by atoms with Gasteiger partial charge in [0.1, 0.15) is 5.56 Å². The van der Waals surface area contributed by atoms with Crippen LogP contribution in [0, 0.1) is 13.8 Å². The first-order valence-corrected chi connectivity index (χ1v) is 15.4. The molecule has 0 radical (unpaired) electrons. The predicted molar refractivity (Wildman–Crippen MR) is 180 cm³/mol. The Labute approximate surface area is 271 Å². The molecule has 238 valence electrons. The van der Waals surface area contributed by atoms with E-state index in [0.29, 0.717) is 38.4 Å². The van der Waals surface area contributed by atoms with Crippen LogP contribution in [0.15, 0.2) is 121 Å². The summed E-state index contributed by atoms with van der Waals surface area (Å²) in [4.78, 5) is 0. The van der Waals surface area contributed by atoms with E-state index >= 15 is 13.2 Å². The summed E-state index contributed by atoms with van der Waals surface area (Å²) in [5.74, 6) is 0. The minimum absolute atomic E-state index is 0.175. The van der Waals surface area contributed by atoms with Crippen LogP contribution in [-0.2, 0) is 12.4 Å². The van der Waals surface area contributed by atoms with Crippen LogP contribution in [0.3, 0.4) is 0 Å². The Morgan fingerprint density at radius 1 is 0.438 bits per heavy atom. The molecular formula is C40H26F6N2. The maximum Gasteiger partial charge on any atom is 0.420 e. The molecule has 0 aliphatic carbocycles. The second kappa shape index (κ2) is 10.5. The number of halogens is 6. The van der Waals surface area contributed by atoms with Crippen LogP contribution in [0.25, 0.3) is 66.1 Å². The molecule has 0 aliphatic heterocycles. The fourth-order valence-electron chi connectivity index (χ4n) is 7.32. The third-order valence-corrected chi connectivity index (χ3v) is 9.22. The average Bonchev–Trinajstić information content (AvgIpc) is 3.58. The van der Waals surface area contributed by atoms with Gasteiger partial charge < -0.3 is 9.13 Å². The van der Waals surface area contributed by atoms with Crippen LogP contribution < -0.4 is 0 Å². The van der Waals surface area contributed by atoms with Gasteiger partial charge >= 0.3 is 12.4 Å². The fraction of sp³-hybridized carbons (Fsp3) is 0.100. The lowest BCUT2D eigenvalue weighted by molar-refractivity contribution is -0.137. The summed E-state index contributed by atoms with van der Waals surface area (Å²) in [7, 11) is 0. The van der Waals surface area contributed by atoms with Gasteiger partial charge in [-0.25, -0.2) is 0 Å². The number of hydrogen-bond donors (Lipinski definition) is 0. The predicted octanol–water partition coefficient (Wildman–Crippen LogP) is 12.2. The Hall–Kier alpha value is -5.50. The Balaban J connectivity index is 1.65. The van der Waals surface area contributed by atoms with Gasteiger partial charge in [0.15, 0.2) is 0 Å². The van der Waals surface area contributed by atoms with Gasteiger partial charge in [0.2, 0.25) is 0 Å². The van der Waals surface area contributed by atoms with Crippen molar-refractivity contribution in [3.8, 4) is 22.5 Å². The van der Waals surface area contributed by atoms with Gasteiger partial charge in [-0.15, -0.1) is 0 Å². The molecule has 48 heavy (non-hydrogen) atoms. The van der Waals surface area contributed by atoms with E-state index in [1.807, 2.05) is 55.5 Å². The van der Waals surface area contributed by atoms with Crippen molar-refractivity contribution in [1.29, 1.82) is 0 Å². The van der Waals surface area contributed by atoms with Crippen molar-refractivity contribution in [1.82, 2.24) is 9.13 Å². The summed E-state index contributed by atoms with van der Waals surface area (Å²) in [5, 5.41) is 2.94. The minimum atomic E-state index is -4.99. The number of alkyl halides is 6. The third kappa shape index (κ3) is 4.35. The van der Waals surface area contributed by atoms with E-state index < -0.39 is 23.5 Å². The van der Waals surface area contributed by atoms with E-state index in [1.165, 1.54) is 34.9 Å². The van der Waals surface area contributed by atoms with E-state index in [4.69, 9.17) is 0 Å². The Bertz CT molecular complexity index is 2560. The van der Waals surface area contributed by atoms with Crippen LogP contribution >= 0.6 is 0 Å². The van der Waals surface area contributed by atoms with Crippen molar-refractivity contribution in [2.24, 2.45) is 0 Å². The first-order valence-electron chi connectivity index (χ1n) is 15.4. The zero-order valence-corrected chi connectivity index (χ0v) is 25.7. The molecule has 2 nitrogen and oxygen atoms in total. The molecule has 0 spiro atoms. The molecule has 0 N–H and O–H groups in total. The second-order valence-corrected chi connectivity index (χ2v) is 12.0. The highest BCUT2D eigenvalue weighted by atomic mass is 19.4. The summed E-state index contributed by atoms with van der Waals surface area (Å²) < 4.78 is 95.1.